The second-order valence-corrected chi connectivity index (χ2v) is 14.7. The van der Waals surface area contributed by atoms with Gasteiger partial charge in [-0.2, -0.15) is 0 Å². The lowest BCUT2D eigenvalue weighted by Gasteiger charge is -2.71. The van der Waals surface area contributed by atoms with E-state index in [-0.39, 0.29) is 39.6 Å². The molecule has 0 spiro atoms. The number of carbonyl (C=O) groups is 1. The van der Waals surface area contributed by atoms with Gasteiger partial charge in [0.05, 0.1) is 17.1 Å². The zero-order chi connectivity index (χ0) is 25.1. The first kappa shape index (κ1) is 24.8. The Kier molecular flexibility index (Phi) is 5.20. The number of hydrogen-bond donors (Lipinski definition) is 3. The number of fused-ring (bicyclic) bond motifs is 7. The molecule has 0 aromatic rings. The van der Waals surface area contributed by atoms with Crippen LogP contribution in [0.1, 0.15) is 106 Å². The minimum Gasteiger partial charge on any atom is -0.481 e. The largest absolute Gasteiger partial charge is 0.481 e. The minimum atomic E-state index is -1.01. The van der Waals surface area contributed by atoms with E-state index in [1.54, 1.807) is 0 Å². The van der Waals surface area contributed by atoms with Gasteiger partial charge >= 0.3 is 5.97 Å². The molecule has 0 aromatic carbocycles. The molecule has 5 aliphatic rings. The molecule has 192 valence electrons. The number of carboxylic acid groups (broad SMARTS) is 1. The predicted molar refractivity (Wildman–Crippen MR) is 134 cm³/mol. The van der Waals surface area contributed by atoms with Gasteiger partial charge in [-0.05, 0) is 104 Å². The van der Waals surface area contributed by atoms with E-state index < -0.39 is 17.0 Å². The van der Waals surface area contributed by atoms with E-state index in [4.69, 9.17) is 0 Å². The van der Waals surface area contributed by atoms with Gasteiger partial charge in [-0.3, -0.25) is 4.79 Å². The van der Waals surface area contributed by atoms with Gasteiger partial charge in [-0.15, -0.1) is 0 Å². The highest BCUT2D eigenvalue weighted by Gasteiger charge is 2.71. The van der Waals surface area contributed by atoms with Crippen molar-refractivity contribution in [3.63, 3.8) is 0 Å². The van der Waals surface area contributed by atoms with Crippen molar-refractivity contribution < 1.29 is 20.1 Å². The summed E-state index contributed by atoms with van der Waals surface area (Å²) in [6.45, 7) is 16.0. The average Bonchev–Trinajstić information content (AvgIpc) is 2.74. The van der Waals surface area contributed by atoms with E-state index >= 15 is 0 Å². The van der Waals surface area contributed by atoms with Gasteiger partial charge in [-0.1, -0.05) is 53.2 Å². The lowest BCUT2D eigenvalue weighted by atomic mass is 9.33. The second-order valence-electron chi connectivity index (χ2n) is 14.7. The van der Waals surface area contributed by atoms with Crippen LogP contribution in [0.25, 0.3) is 0 Å². The Hall–Kier alpha value is -0.870. The summed E-state index contributed by atoms with van der Waals surface area (Å²) in [5.41, 5.74) is -0.532. The minimum absolute atomic E-state index is 0.0716. The van der Waals surface area contributed by atoms with Crippen LogP contribution in [0.2, 0.25) is 0 Å². The molecule has 5 rings (SSSR count). The molecule has 34 heavy (non-hydrogen) atoms. The van der Waals surface area contributed by atoms with Crippen LogP contribution in [-0.2, 0) is 4.79 Å². The van der Waals surface area contributed by atoms with Crippen molar-refractivity contribution in [1.29, 1.82) is 0 Å². The van der Waals surface area contributed by atoms with Gasteiger partial charge in [0.1, 0.15) is 0 Å². The Morgan fingerprint density at radius 3 is 2.24 bits per heavy atom. The van der Waals surface area contributed by atoms with Gasteiger partial charge < -0.3 is 15.3 Å². The Morgan fingerprint density at radius 1 is 0.912 bits per heavy atom. The van der Waals surface area contributed by atoms with Crippen molar-refractivity contribution in [1.82, 2.24) is 0 Å². The Balaban J connectivity index is 1.64. The molecule has 4 nitrogen and oxygen atoms in total. The third kappa shape index (κ3) is 2.71. The molecule has 0 aromatic heterocycles. The average molecular weight is 473 g/mol. The van der Waals surface area contributed by atoms with Crippen molar-refractivity contribution in [2.45, 2.75) is 118 Å². The number of aliphatic hydroxyl groups is 2. The highest BCUT2D eigenvalue weighted by atomic mass is 16.4. The third-order valence-electron chi connectivity index (χ3n) is 13.5. The molecule has 4 heteroatoms. The lowest BCUT2D eigenvalue weighted by molar-refractivity contribution is -0.217. The normalized spacial score (nSPS) is 56.3. The summed E-state index contributed by atoms with van der Waals surface area (Å²) in [6.07, 6.45) is 10.3. The van der Waals surface area contributed by atoms with Crippen LogP contribution in [0.4, 0.5) is 0 Å². The third-order valence-corrected chi connectivity index (χ3v) is 13.5. The molecule has 4 fully saturated rings. The smallest absolute Gasteiger partial charge is 0.310 e. The Morgan fingerprint density at radius 2 is 1.59 bits per heavy atom. The maximum atomic E-state index is 12.8. The van der Waals surface area contributed by atoms with Gasteiger partial charge in [0, 0.05) is 5.92 Å². The standard InChI is InChI=1S/C30H48O4/c1-18-10-15-30(24(32)33)17-16-27(5)19(23(30)29(18,7)34)8-9-21-26(4)13-12-22(31)25(2,3)20(26)11-14-28(21,27)6/h8,18,20-23,31,34H,9-17H2,1-7H3,(H,32,33)/t18-,20-,21-,22+,23-,26+,27-,28-,29-,30+/m1/s1. The highest BCUT2D eigenvalue weighted by Crippen LogP contribution is 2.76. The maximum Gasteiger partial charge on any atom is 0.310 e. The number of hydrogen-bond acceptors (Lipinski definition) is 3. The maximum absolute atomic E-state index is 12.8. The topological polar surface area (TPSA) is 77.8 Å². The first-order chi connectivity index (χ1) is 15.6. The molecule has 3 N–H and O–H groups in total. The summed E-state index contributed by atoms with van der Waals surface area (Å²) in [6, 6.07) is 0. The van der Waals surface area contributed by atoms with Crippen LogP contribution in [0, 0.1) is 50.7 Å². The Labute approximate surface area is 206 Å². The van der Waals surface area contributed by atoms with Crippen LogP contribution in [0.15, 0.2) is 11.6 Å². The zero-order valence-electron chi connectivity index (χ0n) is 22.6. The van der Waals surface area contributed by atoms with E-state index in [1.165, 1.54) is 5.57 Å². The fourth-order valence-electron chi connectivity index (χ4n) is 10.8. The Bertz CT molecular complexity index is 919. The molecule has 0 radical (unpaired) electrons. The monoisotopic (exact) mass is 472 g/mol. The summed E-state index contributed by atoms with van der Waals surface area (Å²) >= 11 is 0. The predicted octanol–water partition coefficient (Wildman–Crippen LogP) is 6.20. The van der Waals surface area contributed by atoms with Crippen LogP contribution in [-0.4, -0.2) is 33.0 Å². The fraction of sp³-hybridized carbons (Fsp3) is 0.900. The van der Waals surface area contributed by atoms with Gasteiger partial charge in [0.15, 0.2) is 0 Å². The van der Waals surface area contributed by atoms with E-state index in [1.807, 2.05) is 6.92 Å². The fourth-order valence-corrected chi connectivity index (χ4v) is 10.8. The number of rotatable bonds is 1. The van der Waals surface area contributed by atoms with E-state index in [9.17, 15) is 20.1 Å². The summed E-state index contributed by atoms with van der Waals surface area (Å²) < 4.78 is 0. The molecule has 0 saturated heterocycles. The summed E-state index contributed by atoms with van der Waals surface area (Å²) in [4.78, 5) is 12.8. The summed E-state index contributed by atoms with van der Waals surface area (Å²) in [5, 5.41) is 33.3. The molecule has 5 aliphatic carbocycles. The first-order valence-corrected chi connectivity index (χ1v) is 13.9. The van der Waals surface area contributed by atoms with Crippen molar-refractivity contribution >= 4 is 5.97 Å². The van der Waals surface area contributed by atoms with E-state index in [2.05, 4.69) is 47.6 Å². The molecule has 0 heterocycles. The van der Waals surface area contributed by atoms with Crippen molar-refractivity contribution in [3.05, 3.63) is 11.6 Å². The number of carboxylic acids is 1. The number of aliphatic carboxylic acids is 1. The number of allylic oxidation sites excluding steroid dienone is 1. The number of aliphatic hydroxyl groups excluding tert-OH is 1. The molecule has 0 aliphatic heterocycles. The molecular formula is C30H48O4. The molecule has 10 atom stereocenters. The zero-order valence-corrected chi connectivity index (χ0v) is 22.6. The highest BCUT2D eigenvalue weighted by molar-refractivity contribution is 5.77. The van der Waals surface area contributed by atoms with Crippen LogP contribution in [0.3, 0.4) is 0 Å². The van der Waals surface area contributed by atoms with Crippen molar-refractivity contribution in [2.24, 2.45) is 50.7 Å². The van der Waals surface area contributed by atoms with Gasteiger partial charge in [0.2, 0.25) is 0 Å². The van der Waals surface area contributed by atoms with Crippen LogP contribution >= 0.6 is 0 Å². The first-order valence-electron chi connectivity index (χ1n) is 13.9. The van der Waals surface area contributed by atoms with Crippen LogP contribution in [0.5, 0.6) is 0 Å². The molecule has 0 unspecified atom stereocenters. The van der Waals surface area contributed by atoms with Gasteiger partial charge in [0.25, 0.3) is 0 Å². The molecule has 0 amide bonds. The van der Waals surface area contributed by atoms with Crippen molar-refractivity contribution in [3.8, 4) is 0 Å². The van der Waals surface area contributed by atoms with Crippen molar-refractivity contribution in [2.75, 3.05) is 0 Å². The molecule has 0 bridgehead atoms. The van der Waals surface area contributed by atoms with E-state index in [0.717, 1.165) is 44.9 Å². The summed E-state index contributed by atoms with van der Waals surface area (Å²) in [5.74, 6) is 0.0848. The van der Waals surface area contributed by atoms with Gasteiger partial charge in [-0.25, -0.2) is 0 Å². The lowest BCUT2D eigenvalue weighted by Crippen LogP contribution is -2.67. The van der Waals surface area contributed by atoms with Crippen LogP contribution < -0.4 is 0 Å². The molecule has 4 saturated carbocycles. The van der Waals surface area contributed by atoms with E-state index in [0.29, 0.717) is 24.7 Å². The second kappa shape index (κ2) is 7.12. The SMILES string of the molecule is C[C@@H]1CC[C@]2(C(=O)O)CC[C@]3(C)C(=CC[C@@H]4[C@@]5(C)CC[C@H](O)C(C)(C)[C@H]5CC[C@]43C)[C@@H]2[C@]1(C)O. The molecular weight excluding hydrogens is 424 g/mol. The summed E-state index contributed by atoms with van der Waals surface area (Å²) in [7, 11) is 0. The quantitative estimate of drug-likeness (QED) is 0.397.